The Labute approximate surface area is 125 Å². The maximum atomic E-state index is 10.3. The summed E-state index contributed by atoms with van der Waals surface area (Å²) >= 11 is 7.36. The molecule has 1 heterocycles. The van der Waals surface area contributed by atoms with E-state index in [0.29, 0.717) is 11.7 Å². The summed E-state index contributed by atoms with van der Waals surface area (Å²) in [5.41, 5.74) is 1.11. The Bertz CT molecular complexity index is 395. The lowest BCUT2D eigenvalue weighted by Gasteiger charge is -2.26. The van der Waals surface area contributed by atoms with Crippen LogP contribution in [0.5, 0.6) is 5.75 Å². The van der Waals surface area contributed by atoms with Crippen LogP contribution >= 0.6 is 39.5 Å². The summed E-state index contributed by atoms with van der Waals surface area (Å²) in [7, 11) is 1.66. The molecule has 1 aliphatic heterocycles. The number of hydrogen-bond donors (Lipinski definition) is 1. The zero-order chi connectivity index (χ0) is 13.0. The number of aliphatic hydroxyl groups is 1. The molecule has 0 bridgehead atoms. The molecule has 0 radical (unpaired) electrons. The zero-order valence-electron chi connectivity index (χ0n) is 10.3. The number of hydrogen-bond acceptors (Lipinski definition) is 4. The highest BCUT2D eigenvalue weighted by Gasteiger charge is 2.23. The number of rotatable bonds is 4. The molecule has 100 valence electrons. The Morgan fingerprint density at radius 2 is 2.33 bits per heavy atom. The first kappa shape index (κ1) is 14.6. The smallest absolute Gasteiger partial charge is 0.119 e. The minimum absolute atomic E-state index is 0.286. The fourth-order valence-electron chi connectivity index (χ4n) is 1.92. The van der Waals surface area contributed by atoms with Crippen molar-refractivity contribution in [2.24, 2.45) is 0 Å². The van der Waals surface area contributed by atoms with Crippen LogP contribution in [-0.4, -0.2) is 40.8 Å². The minimum Gasteiger partial charge on any atom is -0.497 e. The highest BCUT2D eigenvalue weighted by atomic mass is 79.9. The van der Waals surface area contributed by atoms with E-state index in [1.807, 2.05) is 41.7 Å². The Morgan fingerprint density at radius 1 is 1.50 bits per heavy atom. The third kappa shape index (κ3) is 3.83. The first-order valence-electron chi connectivity index (χ1n) is 5.90. The predicted molar refractivity (Wildman–Crippen MR) is 84.0 cm³/mol. The third-order valence-electron chi connectivity index (χ3n) is 2.95. The molecule has 18 heavy (non-hydrogen) atoms. The molecule has 1 fully saturated rings. The molecule has 5 heteroatoms. The standard InChI is InChI=1S/C13H17BrO2S2/c1-16-10-2-3-11(14)9(6-10)7-12(15)13-8-17-4-5-18-13/h2-3,6,12-13,15H,4-5,7-8H2,1H3. The number of thioether (sulfide) groups is 2. The van der Waals surface area contributed by atoms with E-state index in [4.69, 9.17) is 4.74 Å². The van der Waals surface area contributed by atoms with Crippen LogP contribution < -0.4 is 4.74 Å². The van der Waals surface area contributed by atoms with Gasteiger partial charge < -0.3 is 9.84 Å². The van der Waals surface area contributed by atoms with E-state index in [-0.39, 0.29) is 6.10 Å². The molecule has 0 saturated carbocycles. The first-order valence-corrected chi connectivity index (χ1v) is 8.90. The van der Waals surface area contributed by atoms with Crippen LogP contribution in [0.1, 0.15) is 5.56 Å². The Morgan fingerprint density at radius 3 is 3.00 bits per heavy atom. The SMILES string of the molecule is COc1ccc(Br)c(CC(O)C2CSCCS2)c1. The van der Waals surface area contributed by atoms with Crippen LogP contribution in [-0.2, 0) is 6.42 Å². The number of halogens is 1. The first-order chi connectivity index (χ1) is 8.70. The van der Waals surface area contributed by atoms with Gasteiger partial charge in [-0.05, 0) is 23.8 Å². The fraction of sp³-hybridized carbons (Fsp3) is 0.538. The van der Waals surface area contributed by atoms with Crippen molar-refractivity contribution in [1.29, 1.82) is 0 Å². The van der Waals surface area contributed by atoms with Crippen LogP contribution in [0.25, 0.3) is 0 Å². The Hall–Kier alpha value is 0.160. The van der Waals surface area contributed by atoms with E-state index in [9.17, 15) is 5.11 Å². The lowest BCUT2D eigenvalue weighted by atomic mass is 10.1. The van der Waals surface area contributed by atoms with Crippen molar-refractivity contribution in [1.82, 2.24) is 0 Å². The molecule has 2 unspecified atom stereocenters. The van der Waals surface area contributed by atoms with E-state index in [0.717, 1.165) is 27.3 Å². The van der Waals surface area contributed by atoms with Gasteiger partial charge >= 0.3 is 0 Å². The van der Waals surface area contributed by atoms with Crippen LogP contribution in [0.2, 0.25) is 0 Å². The monoisotopic (exact) mass is 348 g/mol. The molecule has 2 rings (SSSR count). The van der Waals surface area contributed by atoms with E-state index >= 15 is 0 Å². The average Bonchev–Trinajstić information content (AvgIpc) is 2.42. The molecule has 0 aromatic heterocycles. The highest BCUT2D eigenvalue weighted by Crippen LogP contribution is 2.30. The van der Waals surface area contributed by atoms with E-state index < -0.39 is 0 Å². The number of ether oxygens (including phenoxy) is 1. The van der Waals surface area contributed by atoms with Gasteiger partial charge in [0, 0.05) is 33.4 Å². The van der Waals surface area contributed by atoms with Crippen molar-refractivity contribution in [3.05, 3.63) is 28.2 Å². The maximum Gasteiger partial charge on any atom is 0.119 e. The van der Waals surface area contributed by atoms with Gasteiger partial charge in [0.25, 0.3) is 0 Å². The van der Waals surface area contributed by atoms with Crippen molar-refractivity contribution in [2.45, 2.75) is 17.8 Å². The van der Waals surface area contributed by atoms with Gasteiger partial charge in [0.2, 0.25) is 0 Å². The molecule has 1 saturated heterocycles. The summed E-state index contributed by atoms with van der Waals surface area (Å²) in [5.74, 6) is 4.24. The van der Waals surface area contributed by atoms with Crippen LogP contribution in [0.3, 0.4) is 0 Å². The van der Waals surface area contributed by atoms with Crippen molar-refractivity contribution < 1.29 is 9.84 Å². The van der Waals surface area contributed by atoms with Crippen LogP contribution in [0.15, 0.2) is 22.7 Å². The highest BCUT2D eigenvalue weighted by molar-refractivity contribution is 9.10. The lowest BCUT2D eigenvalue weighted by molar-refractivity contribution is 0.177. The summed E-state index contributed by atoms with van der Waals surface area (Å²) < 4.78 is 6.26. The van der Waals surface area contributed by atoms with Gasteiger partial charge in [-0.15, -0.1) is 0 Å². The molecule has 1 aromatic rings. The van der Waals surface area contributed by atoms with E-state index in [2.05, 4.69) is 15.9 Å². The van der Waals surface area contributed by atoms with Gasteiger partial charge in [-0.1, -0.05) is 15.9 Å². The van der Waals surface area contributed by atoms with Gasteiger partial charge in [-0.3, -0.25) is 0 Å². The molecule has 1 N–H and O–H groups in total. The molecule has 0 amide bonds. The second-order valence-electron chi connectivity index (χ2n) is 4.21. The summed E-state index contributed by atoms with van der Waals surface area (Å²) in [4.78, 5) is 0. The quantitative estimate of drug-likeness (QED) is 0.904. The van der Waals surface area contributed by atoms with Gasteiger partial charge in [-0.25, -0.2) is 0 Å². The normalized spacial score (nSPS) is 21.6. The maximum absolute atomic E-state index is 10.3. The zero-order valence-corrected chi connectivity index (χ0v) is 13.5. The number of benzene rings is 1. The van der Waals surface area contributed by atoms with Gasteiger partial charge in [0.15, 0.2) is 0 Å². The lowest BCUT2D eigenvalue weighted by Crippen LogP contribution is -2.30. The van der Waals surface area contributed by atoms with Gasteiger partial charge in [-0.2, -0.15) is 23.5 Å². The topological polar surface area (TPSA) is 29.5 Å². The van der Waals surface area contributed by atoms with Crippen molar-refractivity contribution >= 4 is 39.5 Å². The van der Waals surface area contributed by atoms with Gasteiger partial charge in [0.1, 0.15) is 5.75 Å². The molecular formula is C13H17BrO2S2. The fourth-order valence-corrected chi connectivity index (χ4v) is 5.10. The van der Waals surface area contributed by atoms with E-state index in [1.165, 1.54) is 5.75 Å². The van der Waals surface area contributed by atoms with Crippen LogP contribution in [0.4, 0.5) is 0 Å². The van der Waals surface area contributed by atoms with Crippen LogP contribution in [0, 0.1) is 0 Å². The third-order valence-corrected chi connectivity index (χ3v) is 6.63. The second kappa shape index (κ2) is 7.08. The molecule has 0 aliphatic carbocycles. The number of aliphatic hydroxyl groups excluding tert-OH is 1. The average molecular weight is 349 g/mol. The molecule has 1 aliphatic rings. The van der Waals surface area contributed by atoms with Crippen molar-refractivity contribution in [3.63, 3.8) is 0 Å². The Kier molecular flexibility index (Phi) is 5.73. The molecular weight excluding hydrogens is 332 g/mol. The van der Waals surface area contributed by atoms with Gasteiger partial charge in [0.05, 0.1) is 13.2 Å². The summed E-state index contributed by atoms with van der Waals surface area (Å²) in [5, 5.41) is 10.7. The summed E-state index contributed by atoms with van der Waals surface area (Å²) in [6, 6.07) is 5.89. The summed E-state index contributed by atoms with van der Waals surface area (Å²) in [6.07, 6.45) is 0.391. The minimum atomic E-state index is -0.286. The number of methoxy groups -OCH3 is 1. The molecule has 2 nitrogen and oxygen atoms in total. The largest absolute Gasteiger partial charge is 0.497 e. The Balaban J connectivity index is 2.03. The molecule has 0 spiro atoms. The van der Waals surface area contributed by atoms with E-state index in [1.54, 1.807) is 7.11 Å². The summed E-state index contributed by atoms with van der Waals surface area (Å²) in [6.45, 7) is 0. The molecule has 2 atom stereocenters. The second-order valence-corrected chi connectivity index (χ2v) is 7.56. The molecule has 1 aromatic carbocycles. The van der Waals surface area contributed by atoms with Crippen molar-refractivity contribution in [2.75, 3.05) is 24.4 Å². The predicted octanol–water partition coefficient (Wildman–Crippen LogP) is 3.21. The van der Waals surface area contributed by atoms with Crippen molar-refractivity contribution in [3.8, 4) is 5.75 Å².